The van der Waals surface area contributed by atoms with E-state index in [4.69, 9.17) is 11.6 Å². The second-order valence-electron chi connectivity index (χ2n) is 3.68. The zero-order valence-corrected chi connectivity index (χ0v) is 10.5. The van der Waals surface area contributed by atoms with Crippen molar-refractivity contribution >= 4 is 29.0 Å². The van der Waals surface area contributed by atoms with E-state index in [-0.39, 0.29) is 0 Å². The minimum Gasteiger partial charge on any atom is -0.152 e. The van der Waals surface area contributed by atoms with Crippen LogP contribution >= 0.6 is 22.9 Å². The molecule has 0 saturated carbocycles. The molecule has 2 heteroatoms. The fourth-order valence-corrected chi connectivity index (χ4v) is 2.65. The van der Waals surface area contributed by atoms with E-state index >= 15 is 0 Å². The van der Waals surface area contributed by atoms with Gasteiger partial charge >= 0.3 is 0 Å². The summed E-state index contributed by atoms with van der Waals surface area (Å²) in [6.07, 6.45) is 4.04. The summed E-state index contributed by atoms with van der Waals surface area (Å²) in [5.41, 5.74) is 3.97. The quantitative estimate of drug-likeness (QED) is 0.727. The fourth-order valence-electron chi connectivity index (χ4n) is 1.65. The number of benzene rings is 1. The second kappa shape index (κ2) is 5.33. The summed E-state index contributed by atoms with van der Waals surface area (Å²) >= 11 is 7.58. The Kier molecular flexibility index (Phi) is 3.81. The first-order chi connectivity index (χ1) is 7.79. The molecular formula is C14H13ClS. The predicted molar refractivity (Wildman–Crippen MR) is 73.3 cm³/mol. The monoisotopic (exact) mass is 248 g/mol. The highest BCUT2D eigenvalue weighted by Crippen LogP contribution is 2.19. The molecule has 82 valence electrons. The van der Waals surface area contributed by atoms with Crippen molar-refractivity contribution in [1.29, 1.82) is 0 Å². The Morgan fingerprint density at radius 2 is 1.88 bits per heavy atom. The Bertz CT molecular complexity index is 468. The van der Waals surface area contributed by atoms with Gasteiger partial charge in [-0.25, -0.2) is 0 Å². The zero-order chi connectivity index (χ0) is 11.4. The topological polar surface area (TPSA) is 0 Å². The van der Waals surface area contributed by atoms with Crippen LogP contribution in [-0.4, -0.2) is 0 Å². The van der Waals surface area contributed by atoms with Crippen molar-refractivity contribution in [2.45, 2.75) is 12.8 Å². The van der Waals surface area contributed by atoms with Crippen molar-refractivity contribution in [3.05, 3.63) is 63.3 Å². The van der Waals surface area contributed by atoms with Crippen molar-refractivity contribution in [1.82, 2.24) is 0 Å². The average Bonchev–Trinajstić information content (AvgIpc) is 2.76. The van der Waals surface area contributed by atoms with Gasteiger partial charge in [0.1, 0.15) is 0 Å². The van der Waals surface area contributed by atoms with Gasteiger partial charge in [-0.3, -0.25) is 0 Å². The molecule has 1 aromatic heterocycles. The summed E-state index contributed by atoms with van der Waals surface area (Å²) in [4.78, 5) is 0. The molecule has 2 aromatic rings. The van der Waals surface area contributed by atoms with Crippen LogP contribution in [0.25, 0.3) is 6.08 Å². The highest BCUT2D eigenvalue weighted by atomic mass is 35.5. The largest absolute Gasteiger partial charge is 0.152 e. The van der Waals surface area contributed by atoms with E-state index in [1.807, 2.05) is 18.2 Å². The van der Waals surface area contributed by atoms with Crippen LogP contribution in [0.2, 0.25) is 5.02 Å². The first-order valence-corrected chi connectivity index (χ1v) is 6.53. The van der Waals surface area contributed by atoms with Gasteiger partial charge in [-0.15, -0.1) is 0 Å². The third kappa shape index (κ3) is 2.75. The van der Waals surface area contributed by atoms with Crippen molar-refractivity contribution in [2.24, 2.45) is 0 Å². The van der Waals surface area contributed by atoms with Crippen molar-refractivity contribution in [3.8, 4) is 0 Å². The lowest BCUT2D eigenvalue weighted by Gasteiger charge is -2.01. The van der Waals surface area contributed by atoms with Crippen LogP contribution in [-0.2, 0) is 12.8 Å². The molecular weight excluding hydrogens is 236 g/mol. The fraction of sp³-hybridized carbons (Fsp3) is 0.143. The third-order valence-corrected chi connectivity index (χ3v) is 3.65. The molecule has 0 aliphatic rings. The van der Waals surface area contributed by atoms with Gasteiger partial charge < -0.3 is 0 Å². The number of thiophene rings is 1. The molecule has 0 radical (unpaired) electrons. The summed E-state index contributed by atoms with van der Waals surface area (Å²) in [5, 5.41) is 5.14. The lowest BCUT2D eigenvalue weighted by molar-refractivity contribution is 0.964. The molecule has 0 amide bonds. The second-order valence-corrected chi connectivity index (χ2v) is 4.86. The number of halogens is 1. The summed E-state index contributed by atoms with van der Waals surface area (Å²) in [6.45, 7) is 3.82. The van der Waals surface area contributed by atoms with Gasteiger partial charge in [-0.2, -0.15) is 11.3 Å². The van der Waals surface area contributed by atoms with Crippen molar-refractivity contribution in [3.63, 3.8) is 0 Å². The smallest absolute Gasteiger partial charge is 0.0406 e. The number of rotatable bonds is 4. The number of aryl methyl sites for hydroxylation is 2. The predicted octanol–water partition coefficient (Wildman–Crippen LogP) is 4.83. The molecule has 2 rings (SSSR count). The van der Waals surface area contributed by atoms with E-state index in [0.29, 0.717) is 0 Å². The van der Waals surface area contributed by atoms with Crippen LogP contribution < -0.4 is 0 Å². The molecule has 0 aliphatic heterocycles. The van der Waals surface area contributed by atoms with Gasteiger partial charge in [-0.1, -0.05) is 36.4 Å². The van der Waals surface area contributed by atoms with Crippen LogP contribution in [0.4, 0.5) is 0 Å². The Labute approximate surface area is 105 Å². The number of hydrogen-bond donors (Lipinski definition) is 0. The van der Waals surface area contributed by atoms with Crippen LogP contribution in [0.3, 0.4) is 0 Å². The lowest BCUT2D eigenvalue weighted by atomic mass is 10.0. The normalized spacial score (nSPS) is 10.3. The maximum Gasteiger partial charge on any atom is 0.0406 e. The Morgan fingerprint density at radius 3 is 2.56 bits per heavy atom. The molecule has 1 heterocycles. The SMILES string of the molecule is C=Cc1cscc1CCc1ccc(Cl)cc1. The van der Waals surface area contributed by atoms with Crippen molar-refractivity contribution in [2.75, 3.05) is 0 Å². The first-order valence-electron chi connectivity index (χ1n) is 5.21. The summed E-state index contributed by atoms with van der Waals surface area (Å²) in [6, 6.07) is 8.06. The summed E-state index contributed by atoms with van der Waals surface area (Å²) < 4.78 is 0. The molecule has 0 nitrogen and oxygen atoms in total. The standard InChI is InChI=1S/C14H13ClS/c1-2-12-9-16-10-13(12)6-3-11-4-7-14(15)8-5-11/h2,4-5,7-10H,1,3,6H2. The molecule has 0 N–H and O–H groups in total. The summed E-state index contributed by atoms with van der Waals surface area (Å²) in [5.74, 6) is 0. The molecule has 0 fully saturated rings. The van der Waals surface area contributed by atoms with Crippen LogP contribution in [0.5, 0.6) is 0 Å². The Hall–Kier alpha value is -1.05. The van der Waals surface area contributed by atoms with Crippen LogP contribution in [0, 0.1) is 0 Å². The van der Waals surface area contributed by atoms with Crippen LogP contribution in [0.15, 0.2) is 41.6 Å². The molecule has 0 bridgehead atoms. The van der Waals surface area contributed by atoms with E-state index in [9.17, 15) is 0 Å². The van der Waals surface area contributed by atoms with Gasteiger partial charge in [0.15, 0.2) is 0 Å². The number of hydrogen-bond acceptors (Lipinski definition) is 1. The van der Waals surface area contributed by atoms with E-state index in [0.717, 1.165) is 17.9 Å². The minimum absolute atomic E-state index is 0.797. The Balaban J connectivity index is 2.02. The Morgan fingerprint density at radius 1 is 1.12 bits per heavy atom. The molecule has 0 aliphatic carbocycles. The summed E-state index contributed by atoms with van der Waals surface area (Å²) in [7, 11) is 0. The van der Waals surface area contributed by atoms with Crippen LogP contribution in [0.1, 0.15) is 16.7 Å². The molecule has 16 heavy (non-hydrogen) atoms. The first kappa shape index (κ1) is 11.4. The highest BCUT2D eigenvalue weighted by Gasteiger charge is 2.01. The zero-order valence-electron chi connectivity index (χ0n) is 8.95. The van der Waals surface area contributed by atoms with E-state index in [2.05, 4.69) is 29.5 Å². The third-order valence-electron chi connectivity index (χ3n) is 2.59. The molecule has 0 atom stereocenters. The van der Waals surface area contributed by atoms with Gasteiger partial charge in [0.05, 0.1) is 0 Å². The van der Waals surface area contributed by atoms with E-state index < -0.39 is 0 Å². The molecule has 0 unspecified atom stereocenters. The van der Waals surface area contributed by atoms with Gasteiger partial charge in [0, 0.05) is 5.02 Å². The average molecular weight is 249 g/mol. The van der Waals surface area contributed by atoms with Gasteiger partial charge in [0.25, 0.3) is 0 Å². The van der Waals surface area contributed by atoms with E-state index in [1.54, 1.807) is 11.3 Å². The molecule has 0 saturated heterocycles. The van der Waals surface area contributed by atoms with Gasteiger partial charge in [0.2, 0.25) is 0 Å². The lowest BCUT2D eigenvalue weighted by Crippen LogP contribution is -1.90. The van der Waals surface area contributed by atoms with Crippen molar-refractivity contribution < 1.29 is 0 Å². The van der Waals surface area contributed by atoms with E-state index in [1.165, 1.54) is 16.7 Å². The maximum atomic E-state index is 5.85. The molecule has 1 aromatic carbocycles. The minimum atomic E-state index is 0.797. The molecule has 0 spiro atoms. The maximum absolute atomic E-state index is 5.85. The van der Waals surface area contributed by atoms with Gasteiger partial charge in [-0.05, 0) is 52.4 Å². The highest BCUT2D eigenvalue weighted by molar-refractivity contribution is 7.08.